The zero-order chi connectivity index (χ0) is 7.68. The average molecular weight is 165 g/mol. The number of nitrogens with one attached hydrogen (secondary N) is 1. The minimum atomic E-state index is 0.792. The lowest BCUT2D eigenvalue weighted by atomic mass is 10.1. The molecule has 2 heteroatoms. The van der Waals surface area contributed by atoms with E-state index in [9.17, 15) is 0 Å². The summed E-state index contributed by atoms with van der Waals surface area (Å²) in [6, 6.07) is 5.82. The van der Waals surface area contributed by atoms with E-state index in [1.165, 1.54) is 5.56 Å². The standard InChI is InChI=1S/C9H7ClN/c10-8-3-4-9-7(6-8)2-1-5-11-9/h1,3-4,6,11H,2H2. The minimum Gasteiger partial charge on any atom is -0.354 e. The Morgan fingerprint density at radius 2 is 2.36 bits per heavy atom. The van der Waals surface area contributed by atoms with E-state index in [0.29, 0.717) is 0 Å². The smallest absolute Gasteiger partial charge is 0.0583 e. The maximum Gasteiger partial charge on any atom is 0.0583 e. The van der Waals surface area contributed by atoms with E-state index < -0.39 is 0 Å². The van der Waals surface area contributed by atoms with Crippen LogP contribution < -0.4 is 5.32 Å². The van der Waals surface area contributed by atoms with Gasteiger partial charge in [0.25, 0.3) is 0 Å². The largest absolute Gasteiger partial charge is 0.354 e. The summed E-state index contributed by atoms with van der Waals surface area (Å²) in [4.78, 5) is 0. The summed E-state index contributed by atoms with van der Waals surface area (Å²) in [6.07, 6.45) is 5.82. The highest BCUT2D eigenvalue weighted by atomic mass is 35.5. The number of hydrogen-bond acceptors (Lipinski definition) is 1. The molecule has 55 valence electrons. The third-order valence-electron chi connectivity index (χ3n) is 1.70. The number of rotatable bonds is 0. The molecule has 0 fully saturated rings. The highest BCUT2D eigenvalue weighted by Gasteiger charge is 2.03. The van der Waals surface area contributed by atoms with Gasteiger partial charge in [0.05, 0.1) is 6.20 Å². The fraction of sp³-hybridized carbons (Fsp3) is 0.111. The van der Waals surface area contributed by atoms with Crippen LogP contribution in [0.15, 0.2) is 24.3 Å². The van der Waals surface area contributed by atoms with Crippen molar-refractivity contribution >= 4 is 17.3 Å². The van der Waals surface area contributed by atoms with Gasteiger partial charge in [0.2, 0.25) is 0 Å². The van der Waals surface area contributed by atoms with Crippen LogP contribution in [0.25, 0.3) is 0 Å². The van der Waals surface area contributed by atoms with Crippen molar-refractivity contribution in [2.75, 3.05) is 5.32 Å². The molecule has 0 bridgehead atoms. The number of benzene rings is 1. The first-order chi connectivity index (χ1) is 5.36. The second-order valence-corrected chi connectivity index (χ2v) is 2.92. The average Bonchev–Trinajstić information content (AvgIpc) is 2.04. The summed E-state index contributed by atoms with van der Waals surface area (Å²) in [6.45, 7) is 0. The zero-order valence-corrected chi connectivity index (χ0v) is 6.65. The molecule has 0 amide bonds. The van der Waals surface area contributed by atoms with Gasteiger partial charge >= 0.3 is 0 Å². The molecule has 0 unspecified atom stereocenters. The molecule has 1 aromatic rings. The van der Waals surface area contributed by atoms with Crippen LogP contribution >= 0.6 is 11.6 Å². The van der Waals surface area contributed by atoms with E-state index in [2.05, 4.69) is 11.5 Å². The molecule has 0 saturated carbocycles. The Morgan fingerprint density at radius 3 is 3.27 bits per heavy atom. The molecule has 0 aromatic heterocycles. The molecule has 2 rings (SSSR count). The molecule has 1 aromatic carbocycles. The van der Waals surface area contributed by atoms with Crippen LogP contribution in [0, 0.1) is 6.20 Å². The van der Waals surface area contributed by atoms with Gasteiger partial charge in [-0.25, -0.2) is 0 Å². The Kier molecular flexibility index (Phi) is 1.59. The van der Waals surface area contributed by atoms with Crippen LogP contribution in [0.1, 0.15) is 5.56 Å². The van der Waals surface area contributed by atoms with Gasteiger partial charge in [-0.1, -0.05) is 17.7 Å². The summed E-state index contributed by atoms with van der Waals surface area (Å²) < 4.78 is 0. The first-order valence-corrected chi connectivity index (χ1v) is 3.86. The summed E-state index contributed by atoms with van der Waals surface area (Å²) in [5.74, 6) is 0. The van der Waals surface area contributed by atoms with Crippen molar-refractivity contribution in [3.63, 3.8) is 0 Å². The van der Waals surface area contributed by atoms with Gasteiger partial charge in [-0.3, -0.25) is 0 Å². The second-order valence-electron chi connectivity index (χ2n) is 2.48. The van der Waals surface area contributed by atoms with Crippen LogP contribution in [0.4, 0.5) is 5.69 Å². The van der Waals surface area contributed by atoms with Crippen LogP contribution in [0.5, 0.6) is 0 Å². The van der Waals surface area contributed by atoms with E-state index in [4.69, 9.17) is 11.6 Å². The Labute approximate surface area is 70.7 Å². The number of anilines is 1. The molecule has 0 spiro atoms. The van der Waals surface area contributed by atoms with Gasteiger partial charge in [-0.05, 0) is 30.2 Å². The van der Waals surface area contributed by atoms with Crippen LogP contribution in [0.2, 0.25) is 5.02 Å². The Morgan fingerprint density at radius 1 is 1.45 bits per heavy atom. The maximum atomic E-state index is 5.81. The van der Waals surface area contributed by atoms with Crippen molar-refractivity contribution in [3.8, 4) is 0 Å². The zero-order valence-electron chi connectivity index (χ0n) is 5.89. The fourth-order valence-corrected chi connectivity index (χ4v) is 1.34. The first kappa shape index (κ1) is 6.74. The monoisotopic (exact) mass is 164 g/mol. The van der Waals surface area contributed by atoms with E-state index in [-0.39, 0.29) is 0 Å². The number of allylic oxidation sites excluding steroid dienone is 1. The molecule has 1 N–H and O–H groups in total. The highest BCUT2D eigenvalue weighted by Crippen LogP contribution is 2.23. The van der Waals surface area contributed by atoms with Gasteiger partial charge in [-0.15, -0.1) is 0 Å². The lowest BCUT2D eigenvalue weighted by Crippen LogP contribution is -1.99. The van der Waals surface area contributed by atoms with Gasteiger partial charge in [0.15, 0.2) is 0 Å². The lowest BCUT2D eigenvalue weighted by molar-refractivity contribution is 1.21. The van der Waals surface area contributed by atoms with Crippen molar-refractivity contribution in [2.24, 2.45) is 0 Å². The fourth-order valence-electron chi connectivity index (χ4n) is 1.14. The second kappa shape index (κ2) is 2.59. The SMILES string of the molecule is Clc1ccc2c(c1)CC=[C]N2. The first-order valence-electron chi connectivity index (χ1n) is 3.48. The molecule has 0 atom stereocenters. The molecular weight excluding hydrogens is 158 g/mol. The molecule has 0 aliphatic carbocycles. The van der Waals surface area contributed by atoms with Gasteiger partial charge < -0.3 is 5.32 Å². The van der Waals surface area contributed by atoms with Crippen molar-refractivity contribution in [2.45, 2.75) is 6.42 Å². The summed E-state index contributed by atoms with van der Waals surface area (Å²) >= 11 is 5.81. The molecule has 0 saturated heterocycles. The molecule has 1 nitrogen and oxygen atoms in total. The lowest BCUT2D eigenvalue weighted by Gasteiger charge is -2.11. The van der Waals surface area contributed by atoms with Crippen LogP contribution in [0.3, 0.4) is 0 Å². The highest BCUT2D eigenvalue weighted by molar-refractivity contribution is 6.30. The van der Waals surface area contributed by atoms with Crippen molar-refractivity contribution < 1.29 is 0 Å². The summed E-state index contributed by atoms with van der Waals surface area (Å²) in [7, 11) is 0. The molecule has 1 aliphatic rings. The number of halogens is 1. The number of hydrogen-bond donors (Lipinski definition) is 1. The van der Waals surface area contributed by atoms with Crippen molar-refractivity contribution in [1.82, 2.24) is 0 Å². The topological polar surface area (TPSA) is 12.0 Å². The predicted octanol–water partition coefficient (Wildman–Crippen LogP) is 2.62. The predicted molar refractivity (Wildman–Crippen MR) is 46.6 cm³/mol. The van der Waals surface area contributed by atoms with Crippen LogP contribution in [-0.4, -0.2) is 0 Å². The molecule has 1 aliphatic heterocycles. The molecule has 11 heavy (non-hydrogen) atoms. The van der Waals surface area contributed by atoms with E-state index in [1.807, 2.05) is 24.3 Å². The Balaban J connectivity index is 2.48. The Hall–Kier alpha value is -0.950. The van der Waals surface area contributed by atoms with Crippen molar-refractivity contribution in [3.05, 3.63) is 41.1 Å². The molecule has 1 heterocycles. The summed E-state index contributed by atoms with van der Waals surface area (Å²) in [5, 5.41) is 3.82. The van der Waals surface area contributed by atoms with Gasteiger partial charge in [0.1, 0.15) is 0 Å². The Bertz CT molecular complexity index is 304. The van der Waals surface area contributed by atoms with Crippen LogP contribution in [-0.2, 0) is 6.42 Å². The molecular formula is C9H7ClN. The minimum absolute atomic E-state index is 0.792. The van der Waals surface area contributed by atoms with Gasteiger partial charge in [0, 0.05) is 10.7 Å². The van der Waals surface area contributed by atoms with Crippen molar-refractivity contribution in [1.29, 1.82) is 0 Å². The number of fused-ring (bicyclic) bond motifs is 1. The quantitative estimate of drug-likeness (QED) is 0.622. The van der Waals surface area contributed by atoms with E-state index in [0.717, 1.165) is 17.1 Å². The maximum absolute atomic E-state index is 5.81. The summed E-state index contributed by atoms with van der Waals surface area (Å²) in [5.41, 5.74) is 2.34. The third-order valence-corrected chi connectivity index (χ3v) is 1.93. The van der Waals surface area contributed by atoms with E-state index >= 15 is 0 Å². The van der Waals surface area contributed by atoms with Gasteiger partial charge in [-0.2, -0.15) is 0 Å². The third kappa shape index (κ3) is 1.24. The normalized spacial score (nSPS) is 13.9. The molecule has 1 radical (unpaired) electrons. The van der Waals surface area contributed by atoms with E-state index in [1.54, 1.807) is 0 Å².